The zero-order valence-corrected chi connectivity index (χ0v) is 14.5. The molecule has 25 heavy (non-hydrogen) atoms. The van der Waals surface area contributed by atoms with E-state index in [-0.39, 0.29) is 24.2 Å². The molecule has 2 aliphatic rings. The lowest BCUT2D eigenvalue weighted by atomic mass is 9.91. The number of carbonyl (C=O) groups is 2. The molecule has 2 fully saturated rings. The Hall–Kier alpha value is -1.95. The zero-order valence-electron chi connectivity index (χ0n) is 14.5. The van der Waals surface area contributed by atoms with Crippen molar-refractivity contribution in [1.82, 2.24) is 9.88 Å². The first-order valence-electron chi connectivity index (χ1n) is 9.17. The molecule has 0 radical (unpaired) electrons. The van der Waals surface area contributed by atoms with E-state index < -0.39 is 5.97 Å². The first-order chi connectivity index (χ1) is 12.1. The van der Waals surface area contributed by atoms with Crippen LogP contribution in [0.2, 0.25) is 0 Å². The Bertz CT molecular complexity index is 613. The Kier molecular flexibility index (Phi) is 6.02. The van der Waals surface area contributed by atoms with Gasteiger partial charge in [-0.1, -0.05) is 6.07 Å². The van der Waals surface area contributed by atoms with Crippen LogP contribution < -0.4 is 0 Å². The number of carboxylic acids is 1. The van der Waals surface area contributed by atoms with Crippen LogP contribution in [0.1, 0.15) is 49.4 Å². The van der Waals surface area contributed by atoms with Crippen molar-refractivity contribution in [3.05, 3.63) is 29.6 Å². The number of nitrogens with zero attached hydrogens (tertiary/aromatic N) is 2. The van der Waals surface area contributed by atoms with Crippen LogP contribution in [0.3, 0.4) is 0 Å². The van der Waals surface area contributed by atoms with E-state index in [1.807, 2.05) is 23.1 Å². The van der Waals surface area contributed by atoms with Crippen molar-refractivity contribution in [3.63, 3.8) is 0 Å². The molecule has 0 bridgehead atoms. The average Bonchev–Trinajstić information content (AvgIpc) is 2.67. The standard InChI is InChI=1S/C19H26N2O4/c22-18(23)7-6-16-4-1-5-17(20-16)15-3-2-10-21(13-15)19(24)14-8-11-25-12-9-14/h1,4-5,14-15H,2-3,6-13H2,(H,22,23). The summed E-state index contributed by atoms with van der Waals surface area (Å²) in [5.41, 5.74) is 1.79. The Morgan fingerprint density at radius 1 is 1.24 bits per heavy atom. The van der Waals surface area contributed by atoms with Crippen LogP contribution in [-0.4, -0.2) is 53.2 Å². The molecule has 3 rings (SSSR count). The van der Waals surface area contributed by atoms with Gasteiger partial charge in [-0.2, -0.15) is 0 Å². The molecule has 0 aromatic carbocycles. The number of aryl methyl sites for hydroxylation is 1. The number of rotatable bonds is 5. The molecule has 0 saturated carbocycles. The normalized spacial score (nSPS) is 21.9. The second-order valence-corrected chi connectivity index (χ2v) is 6.96. The molecule has 6 heteroatoms. The van der Waals surface area contributed by atoms with Crippen LogP contribution in [0, 0.1) is 5.92 Å². The highest BCUT2D eigenvalue weighted by atomic mass is 16.5. The predicted molar refractivity (Wildman–Crippen MR) is 92.3 cm³/mol. The number of likely N-dealkylation sites (tertiary alicyclic amines) is 1. The van der Waals surface area contributed by atoms with E-state index in [2.05, 4.69) is 4.98 Å². The second kappa shape index (κ2) is 8.43. The number of aromatic nitrogens is 1. The number of hydrogen-bond donors (Lipinski definition) is 1. The van der Waals surface area contributed by atoms with E-state index in [1.165, 1.54) is 0 Å². The molecule has 1 aromatic rings. The number of ether oxygens (including phenoxy) is 1. The van der Waals surface area contributed by atoms with Crippen LogP contribution in [-0.2, 0) is 20.7 Å². The third-order valence-corrected chi connectivity index (χ3v) is 5.15. The Balaban J connectivity index is 1.63. The summed E-state index contributed by atoms with van der Waals surface area (Å²) in [6.45, 7) is 2.90. The first-order valence-corrected chi connectivity index (χ1v) is 9.17. The van der Waals surface area contributed by atoms with Gasteiger partial charge in [0.15, 0.2) is 0 Å². The topological polar surface area (TPSA) is 79.7 Å². The van der Waals surface area contributed by atoms with Gasteiger partial charge in [0, 0.05) is 55.9 Å². The second-order valence-electron chi connectivity index (χ2n) is 6.96. The van der Waals surface area contributed by atoms with E-state index in [9.17, 15) is 9.59 Å². The molecule has 6 nitrogen and oxygen atoms in total. The molecule has 1 amide bonds. The Morgan fingerprint density at radius 3 is 2.80 bits per heavy atom. The van der Waals surface area contributed by atoms with Crippen molar-refractivity contribution in [2.75, 3.05) is 26.3 Å². The van der Waals surface area contributed by atoms with Crippen molar-refractivity contribution < 1.29 is 19.4 Å². The number of piperidine rings is 1. The van der Waals surface area contributed by atoms with Gasteiger partial charge in [0.05, 0.1) is 6.42 Å². The van der Waals surface area contributed by atoms with Crippen molar-refractivity contribution in [2.45, 2.75) is 44.4 Å². The fourth-order valence-corrected chi connectivity index (χ4v) is 3.72. The van der Waals surface area contributed by atoms with Crippen LogP contribution >= 0.6 is 0 Å². The van der Waals surface area contributed by atoms with Crippen molar-refractivity contribution >= 4 is 11.9 Å². The molecule has 0 spiro atoms. The highest BCUT2D eigenvalue weighted by Crippen LogP contribution is 2.28. The summed E-state index contributed by atoms with van der Waals surface area (Å²) >= 11 is 0. The van der Waals surface area contributed by atoms with Crippen LogP contribution in [0.5, 0.6) is 0 Å². The van der Waals surface area contributed by atoms with E-state index >= 15 is 0 Å². The van der Waals surface area contributed by atoms with Crippen molar-refractivity contribution in [3.8, 4) is 0 Å². The summed E-state index contributed by atoms with van der Waals surface area (Å²) in [7, 11) is 0. The summed E-state index contributed by atoms with van der Waals surface area (Å²) in [5, 5.41) is 8.83. The average molecular weight is 346 g/mol. The van der Waals surface area contributed by atoms with Gasteiger partial charge < -0.3 is 14.7 Å². The lowest BCUT2D eigenvalue weighted by molar-refractivity contribution is -0.140. The Labute approximate surface area is 148 Å². The van der Waals surface area contributed by atoms with Crippen molar-refractivity contribution in [1.29, 1.82) is 0 Å². The summed E-state index contributed by atoms with van der Waals surface area (Å²) in [6.07, 6.45) is 4.19. The first kappa shape index (κ1) is 17.9. The number of hydrogen-bond acceptors (Lipinski definition) is 4. The van der Waals surface area contributed by atoms with Gasteiger partial charge in [-0.25, -0.2) is 0 Å². The number of aliphatic carboxylic acids is 1. The summed E-state index contributed by atoms with van der Waals surface area (Å²) < 4.78 is 5.36. The molecule has 136 valence electrons. The van der Waals surface area contributed by atoms with Gasteiger partial charge >= 0.3 is 5.97 Å². The molecule has 1 aromatic heterocycles. The maximum absolute atomic E-state index is 12.8. The molecule has 1 atom stereocenters. The van der Waals surface area contributed by atoms with Crippen molar-refractivity contribution in [2.24, 2.45) is 5.92 Å². The molecule has 1 unspecified atom stereocenters. The SMILES string of the molecule is O=C(O)CCc1cccc(C2CCCN(C(=O)C3CCOCC3)C2)n1. The number of carbonyl (C=O) groups excluding carboxylic acids is 1. The molecular weight excluding hydrogens is 320 g/mol. The lowest BCUT2D eigenvalue weighted by Crippen LogP contribution is -2.43. The molecule has 2 saturated heterocycles. The van der Waals surface area contributed by atoms with E-state index in [0.29, 0.717) is 26.2 Å². The highest BCUT2D eigenvalue weighted by molar-refractivity contribution is 5.79. The minimum absolute atomic E-state index is 0.0927. The summed E-state index contributed by atoms with van der Waals surface area (Å²) in [6, 6.07) is 5.82. The predicted octanol–water partition coefficient (Wildman–Crippen LogP) is 2.23. The summed E-state index contributed by atoms with van der Waals surface area (Å²) in [5.74, 6) is -0.210. The third-order valence-electron chi connectivity index (χ3n) is 5.15. The van der Waals surface area contributed by atoms with E-state index in [0.717, 1.165) is 43.6 Å². The van der Waals surface area contributed by atoms with Crippen LogP contribution in [0.4, 0.5) is 0 Å². The van der Waals surface area contributed by atoms with Gasteiger partial charge in [-0.05, 0) is 37.8 Å². The van der Waals surface area contributed by atoms with Gasteiger partial charge in [-0.3, -0.25) is 14.6 Å². The van der Waals surface area contributed by atoms with Gasteiger partial charge in [0.25, 0.3) is 0 Å². The number of carboxylic acid groups (broad SMARTS) is 1. The minimum atomic E-state index is -0.807. The van der Waals surface area contributed by atoms with E-state index in [4.69, 9.17) is 9.84 Å². The molecule has 0 aliphatic carbocycles. The maximum atomic E-state index is 12.8. The number of pyridine rings is 1. The van der Waals surface area contributed by atoms with Gasteiger partial charge in [0.1, 0.15) is 0 Å². The fraction of sp³-hybridized carbons (Fsp3) is 0.632. The fourth-order valence-electron chi connectivity index (χ4n) is 3.72. The van der Waals surface area contributed by atoms with Gasteiger partial charge in [-0.15, -0.1) is 0 Å². The third kappa shape index (κ3) is 4.78. The van der Waals surface area contributed by atoms with Gasteiger partial charge in [0.2, 0.25) is 5.91 Å². The lowest BCUT2D eigenvalue weighted by Gasteiger charge is -2.35. The molecule has 3 heterocycles. The van der Waals surface area contributed by atoms with Crippen LogP contribution in [0.25, 0.3) is 0 Å². The molecule has 1 N–H and O–H groups in total. The molecular formula is C19H26N2O4. The highest BCUT2D eigenvalue weighted by Gasteiger charge is 2.31. The van der Waals surface area contributed by atoms with E-state index in [1.54, 1.807) is 0 Å². The monoisotopic (exact) mass is 346 g/mol. The van der Waals surface area contributed by atoms with Crippen LogP contribution in [0.15, 0.2) is 18.2 Å². The Morgan fingerprint density at radius 2 is 2.04 bits per heavy atom. The molecule has 2 aliphatic heterocycles. The minimum Gasteiger partial charge on any atom is -0.481 e. The maximum Gasteiger partial charge on any atom is 0.303 e. The summed E-state index contributed by atoms with van der Waals surface area (Å²) in [4.78, 5) is 30.2. The largest absolute Gasteiger partial charge is 0.481 e. The number of amides is 1. The zero-order chi connectivity index (χ0) is 17.6. The smallest absolute Gasteiger partial charge is 0.303 e. The quantitative estimate of drug-likeness (QED) is 0.884.